The van der Waals surface area contributed by atoms with Crippen molar-refractivity contribution in [2.75, 3.05) is 44.3 Å². The third kappa shape index (κ3) is 36.3. The number of nitrogens with zero attached hydrogens (tertiary/aromatic N) is 1. The fourth-order valence-corrected chi connectivity index (χ4v) is 14.2. The van der Waals surface area contributed by atoms with Gasteiger partial charge in [0.2, 0.25) is 94.5 Å². The van der Waals surface area contributed by atoms with Crippen molar-refractivity contribution < 1.29 is 102 Å². The molecular formula is C86H121N21O21S. The van der Waals surface area contributed by atoms with Crippen LogP contribution in [0.15, 0.2) is 110 Å². The van der Waals surface area contributed by atoms with Crippen LogP contribution in [0.5, 0.6) is 23.0 Å². The Hall–Kier alpha value is -13.6. The molecule has 1 saturated heterocycles. The van der Waals surface area contributed by atoms with E-state index in [1.807, 2.05) is 0 Å². The van der Waals surface area contributed by atoms with Crippen molar-refractivity contribution in [2.45, 2.75) is 199 Å². The van der Waals surface area contributed by atoms with Crippen LogP contribution in [-0.2, 0) is 109 Å². The number of carbonyl (C=O) groups is 16. The second kappa shape index (κ2) is 52.5. The van der Waals surface area contributed by atoms with Gasteiger partial charge in [-0.1, -0.05) is 117 Å². The van der Waals surface area contributed by atoms with E-state index in [1.165, 1.54) is 110 Å². The summed E-state index contributed by atoms with van der Waals surface area (Å²) in [5.41, 5.74) is 12.6. The second-order valence-electron chi connectivity index (χ2n) is 32.3. The van der Waals surface area contributed by atoms with Crippen LogP contribution < -0.4 is 96.5 Å². The maximum Gasteiger partial charge on any atom is 0.245 e. The fourth-order valence-electron chi connectivity index (χ4n) is 13.4. The fraction of sp³-hybridized carbons (Fsp3) is 0.488. The van der Waals surface area contributed by atoms with Gasteiger partial charge in [0, 0.05) is 50.6 Å². The number of hydrogen-bond acceptors (Lipinski definition) is 24. The van der Waals surface area contributed by atoms with Gasteiger partial charge >= 0.3 is 0 Å². The number of phenolic OH excluding ortho intramolecular Hbond substituents is 4. The number of aromatic nitrogens is 2. The number of benzene rings is 4. The summed E-state index contributed by atoms with van der Waals surface area (Å²) in [7, 11) is 0. The normalized spacial score (nSPS) is 22.8. The van der Waals surface area contributed by atoms with Crippen LogP contribution in [-0.4, -0.2) is 253 Å². The molecule has 16 amide bonds. The van der Waals surface area contributed by atoms with Gasteiger partial charge in [-0.25, -0.2) is 4.98 Å². The first kappa shape index (κ1) is 104. The molecule has 27 N–H and O–H groups in total. The van der Waals surface area contributed by atoms with E-state index >= 15 is 24.0 Å². The number of aromatic hydroxyl groups is 4. The molecule has 0 radical (unpaired) electrons. The third-order valence-corrected chi connectivity index (χ3v) is 21.9. The number of amides is 16. The minimum absolute atomic E-state index is 0.0225. The van der Waals surface area contributed by atoms with Gasteiger partial charge in [0.25, 0.3) is 0 Å². The van der Waals surface area contributed by atoms with Crippen molar-refractivity contribution in [1.29, 1.82) is 5.41 Å². The molecule has 702 valence electrons. The molecule has 2 heterocycles. The van der Waals surface area contributed by atoms with E-state index in [2.05, 4.69) is 95.0 Å². The highest BCUT2D eigenvalue weighted by molar-refractivity contribution is 8.00. The van der Waals surface area contributed by atoms with Crippen LogP contribution in [0, 0.1) is 29.1 Å². The standard InChI is InChI=1S/C86H121N21O21S/c1-9-47(7)72-84(127)104-60(31-46(5)6)78(121)101-61(32-49-13-21-54(109)22-14-49)75(118)94-39-69(114)97-66(41-108)83(126)100-59(30-45(3)4)74(117)93-40-70(115)98-67(76(119)92-38-68(87)113)42-129-43-71(116)96-62(33-50-15-23-55(110)24-16-50)79(122)103-65(36-53-37-90-44-95-53)82(125)107-73(48(8)10-2)85(128)105-64(35-52-19-27-57(112)28-20-52)81(124)102-63(34-51-17-25-56(111)26-18-51)80(123)99-58(77(120)106-72)12-11-29-91-86(88)89/h13-28,37,44-48,58-67,72-73,108-112H,9-12,29-36,38-43H2,1-8H3,(H2,87,113)(H,90,95)(H,92,119)(H,93,117)(H,94,118)(H,96,116)(H,97,114)(H,98,115)(H,99,123)(H,100,126)(H,101,121)(H,102,124)(H,103,122)(H,104,127)(H,105,128)(H,106,120)(H,107,125)(H4,88,89,91)/t47-,48-,58-,59-,60-,61-,62-,63-,64-,65-,66-,67-,72-,73-/m0/s1. The minimum atomic E-state index is -1.79. The maximum atomic E-state index is 15.4. The number of thioether (sulfide) groups is 1. The highest BCUT2D eigenvalue weighted by Crippen LogP contribution is 2.21. The van der Waals surface area contributed by atoms with Gasteiger partial charge in [-0.15, -0.1) is 11.8 Å². The number of aliphatic hydroxyl groups excluding tert-OH is 1. The molecule has 42 nitrogen and oxygen atoms in total. The first-order chi connectivity index (χ1) is 61.2. The third-order valence-electron chi connectivity index (χ3n) is 20.8. The molecule has 0 saturated carbocycles. The van der Waals surface area contributed by atoms with Crippen molar-refractivity contribution in [3.63, 3.8) is 0 Å². The zero-order valence-corrected chi connectivity index (χ0v) is 74.0. The predicted molar refractivity (Wildman–Crippen MR) is 472 cm³/mol. The molecule has 5 aromatic rings. The zero-order valence-electron chi connectivity index (χ0n) is 73.1. The Balaban J connectivity index is 1.45. The Labute approximate surface area is 749 Å². The number of phenols is 4. The number of aliphatic hydroxyl groups is 1. The Morgan fingerprint density at radius 2 is 0.791 bits per heavy atom. The van der Waals surface area contributed by atoms with Gasteiger partial charge in [-0.3, -0.25) is 82.1 Å². The van der Waals surface area contributed by atoms with E-state index in [0.717, 1.165) is 11.8 Å². The summed E-state index contributed by atoms with van der Waals surface area (Å²) in [5, 5.41) is 101. The highest BCUT2D eigenvalue weighted by Gasteiger charge is 2.40. The van der Waals surface area contributed by atoms with Crippen molar-refractivity contribution in [3.05, 3.63) is 138 Å². The van der Waals surface area contributed by atoms with Crippen molar-refractivity contribution in [3.8, 4) is 23.0 Å². The lowest BCUT2D eigenvalue weighted by Crippen LogP contribution is -2.62. The molecule has 1 aliphatic rings. The molecule has 1 fully saturated rings. The average molecular weight is 1820 g/mol. The zero-order chi connectivity index (χ0) is 95.1. The van der Waals surface area contributed by atoms with Crippen LogP contribution in [0.3, 0.4) is 0 Å². The molecule has 43 heteroatoms. The molecule has 1 aliphatic heterocycles. The molecule has 0 spiro atoms. The topological polar surface area (TPSA) is 671 Å². The first-order valence-corrected chi connectivity index (χ1v) is 43.5. The molecule has 14 atom stereocenters. The van der Waals surface area contributed by atoms with Gasteiger partial charge in [-0.2, -0.15) is 0 Å². The average Bonchev–Trinajstić information content (AvgIpc) is 1.26. The molecular weight excluding hydrogens is 1700 g/mol. The summed E-state index contributed by atoms with van der Waals surface area (Å²) in [6.07, 6.45) is 1.13. The van der Waals surface area contributed by atoms with Crippen LogP contribution in [0.25, 0.3) is 0 Å². The SMILES string of the molecule is CC[C@H](C)[C@@H]1NC(=O)[C@H](Cc2c[nH]cn2)NC(=O)[C@H](Cc2ccc(O)cc2)NC(=O)CSC[C@@H](C(=O)NCC(N)=O)NC(=O)CNC(=O)[C@H](CC(C)C)NC(=O)[C@H](CO)NC(=O)CNC(=O)[C@H](Cc2ccc(O)cc2)NC(=O)[C@H](CC(C)C)NC(=O)[C@H]([C@@H](C)CC)NC(=O)[C@H](CCCNC(=N)N)NC(=O)[C@H](Cc2ccc(O)cc2)NC(=O)[C@H](Cc2ccc(O)cc2)NC1=O. The molecule has 4 aromatic carbocycles. The lowest BCUT2D eigenvalue weighted by molar-refractivity contribution is -0.137. The summed E-state index contributed by atoms with van der Waals surface area (Å²) >= 11 is 0.751. The van der Waals surface area contributed by atoms with E-state index in [1.54, 1.807) is 55.4 Å². The van der Waals surface area contributed by atoms with Gasteiger partial charge in [-0.05, 0) is 120 Å². The quantitative estimate of drug-likeness (QED) is 0.0146. The monoisotopic (exact) mass is 1820 g/mol. The lowest BCUT2D eigenvalue weighted by atomic mass is 9.95. The molecule has 0 bridgehead atoms. The summed E-state index contributed by atoms with van der Waals surface area (Å²) in [5.74, 6) is -19.9. The number of nitrogens with two attached hydrogens (primary N) is 2. The van der Waals surface area contributed by atoms with Gasteiger partial charge < -0.3 is 127 Å². The van der Waals surface area contributed by atoms with E-state index in [9.17, 15) is 78.3 Å². The van der Waals surface area contributed by atoms with Gasteiger partial charge in [0.15, 0.2) is 5.96 Å². The van der Waals surface area contributed by atoms with E-state index < -0.39 is 223 Å². The number of imidazole rings is 1. The van der Waals surface area contributed by atoms with Crippen LogP contribution >= 0.6 is 11.8 Å². The molecule has 129 heavy (non-hydrogen) atoms. The number of primary amides is 1. The maximum absolute atomic E-state index is 15.4. The number of aromatic amines is 1. The molecule has 1 aromatic heterocycles. The van der Waals surface area contributed by atoms with E-state index in [0.29, 0.717) is 22.3 Å². The number of hydrogen-bond donors (Lipinski definition) is 25. The van der Waals surface area contributed by atoms with Gasteiger partial charge in [0.1, 0.15) is 95.5 Å². The van der Waals surface area contributed by atoms with E-state index in [-0.39, 0.29) is 118 Å². The number of carbonyl (C=O) groups excluding carboxylic acids is 16. The number of guanidine groups is 1. The molecule has 0 aliphatic carbocycles. The van der Waals surface area contributed by atoms with Crippen molar-refractivity contribution in [1.82, 2.24) is 95.0 Å². The summed E-state index contributed by atoms with van der Waals surface area (Å²) in [4.78, 5) is 237. The van der Waals surface area contributed by atoms with Crippen LogP contribution in [0.1, 0.15) is 122 Å². The minimum Gasteiger partial charge on any atom is -0.508 e. The summed E-state index contributed by atoms with van der Waals surface area (Å²) in [6, 6.07) is 3.26. The summed E-state index contributed by atoms with van der Waals surface area (Å²) in [6.45, 7) is 9.96. The molecule has 0 unspecified atom stereocenters. The Kier molecular flexibility index (Phi) is 42.4. The smallest absolute Gasteiger partial charge is 0.245 e. The lowest BCUT2D eigenvalue weighted by Gasteiger charge is -2.30. The molecule has 6 rings (SSSR count). The Bertz CT molecular complexity index is 4640. The van der Waals surface area contributed by atoms with Crippen molar-refractivity contribution >= 4 is 112 Å². The summed E-state index contributed by atoms with van der Waals surface area (Å²) < 4.78 is 0. The number of nitrogens with one attached hydrogen (secondary N) is 18. The van der Waals surface area contributed by atoms with E-state index in [4.69, 9.17) is 16.9 Å². The largest absolute Gasteiger partial charge is 0.508 e. The first-order valence-electron chi connectivity index (χ1n) is 42.3. The number of rotatable bonds is 26. The predicted octanol–water partition coefficient (Wildman–Crippen LogP) is -3.42. The van der Waals surface area contributed by atoms with Crippen LogP contribution in [0.4, 0.5) is 0 Å². The van der Waals surface area contributed by atoms with Crippen LogP contribution in [0.2, 0.25) is 0 Å². The van der Waals surface area contributed by atoms with Crippen molar-refractivity contribution in [2.24, 2.45) is 35.1 Å². The number of H-pyrrole nitrogens is 1. The Morgan fingerprint density at radius 3 is 1.20 bits per heavy atom. The van der Waals surface area contributed by atoms with Gasteiger partial charge in [0.05, 0.1) is 44.0 Å². The second-order valence-corrected chi connectivity index (χ2v) is 33.4. The highest BCUT2D eigenvalue weighted by atomic mass is 32.2. The Morgan fingerprint density at radius 1 is 0.442 bits per heavy atom.